The van der Waals surface area contributed by atoms with Gasteiger partial charge in [0.25, 0.3) is 0 Å². The molecule has 0 aliphatic heterocycles. The molecule has 0 saturated heterocycles. The Morgan fingerprint density at radius 3 is 2.67 bits per heavy atom. The van der Waals surface area contributed by atoms with Crippen LogP contribution in [0.3, 0.4) is 0 Å². The van der Waals surface area contributed by atoms with Gasteiger partial charge in [0.1, 0.15) is 11.5 Å². The normalized spacial score (nSPS) is 10.3. The molecule has 0 fully saturated rings. The Balaban J connectivity index is 2.59. The molecule has 0 aliphatic rings. The second-order valence-electron chi connectivity index (χ2n) is 4.99. The van der Waals surface area contributed by atoms with Crippen LogP contribution in [0.4, 0.5) is 0 Å². The maximum absolute atomic E-state index is 11.5. The van der Waals surface area contributed by atoms with E-state index in [9.17, 15) is 9.59 Å². The van der Waals surface area contributed by atoms with Gasteiger partial charge in [-0.25, -0.2) is 0 Å². The Hall–Kier alpha value is -2.04. The molecular formula is C16H23NO4. The van der Waals surface area contributed by atoms with E-state index < -0.39 is 0 Å². The molecular weight excluding hydrogens is 270 g/mol. The lowest BCUT2D eigenvalue weighted by Crippen LogP contribution is -2.31. The molecule has 0 unspecified atom stereocenters. The molecule has 0 bridgehead atoms. The summed E-state index contributed by atoms with van der Waals surface area (Å²) in [5, 5.41) is 2.78. The number of carbonyl (C=O) groups excluding carboxylic acids is 2. The molecule has 0 heterocycles. The minimum absolute atomic E-state index is 0.0731. The SMILES string of the molecule is CCCOc1ccc(C=O)c(OCCC(=O)NC(C)C)c1. The molecule has 1 N–H and O–H groups in total. The predicted molar refractivity (Wildman–Crippen MR) is 81.0 cm³/mol. The van der Waals surface area contributed by atoms with Crippen LogP contribution in [0.2, 0.25) is 0 Å². The molecule has 0 aliphatic carbocycles. The topological polar surface area (TPSA) is 64.6 Å². The minimum Gasteiger partial charge on any atom is -0.493 e. The fourth-order valence-electron chi connectivity index (χ4n) is 1.69. The Labute approximate surface area is 125 Å². The van der Waals surface area contributed by atoms with E-state index in [1.165, 1.54) is 0 Å². The van der Waals surface area contributed by atoms with Crippen molar-refractivity contribution in [3.63, 3.8) is 0 Å². The monoisotopic (exact) mass is 293 g/mol. The Kier molecular flexibility index (Phi) is 7.29. The third-order valence-electron chi connectivity index (χ3n) is 2.62. The van der Waals surface area contributed by atoms with Gasteiger partial charge in [-0.05, 0) is 32.4 Å². The number of carbonyl (C=O) groups is 2. The molecule has 5 nitrogen and oxygen atoms in total. The second-order valence-corrected chi connectivity index (χ2v) is 4.99. The lowest BCUT2D eigenvalue weighted by Gasteiger charge is -2.12. The smallest absolute Gasteiger partial charge is 0.223 e. The summed E-state index contributed by atoms with van der Waals surface area (Å²) >= 11 is 0. The van der Waals surface area contributed by atoms with Crippen LogP contribution in [-0.2, 0) is 4.79 Å². The van der Waals surface area contributed by atoms with Crippen LogP contribution in [0.5, 0.6) is 11.5 Å². The molecule has 21 heavy (non-hydrogen) atoms. The summed E-state index contributed by atoms with van der Waals surface area (Å²) in [5.41, 5.74) is 0.447. The fourth-order valence-corrected chi connectivity index (χ4v) is 1.69. The highest BCUT2D eigenvalue weighted by molar-refractivity contribution is 5.80. The van der Waals surface area contributed by atoms with Gasteiger partial charge in [0, 0.05) is 12.1 Å². The van der Waals surface area contributed by atoms with Crippen LogP contribution in [-0.4, -0.2) is 31.4 Å². The van der Waals surface area contributed by atoms with Gasteiger partial charge in [-0.3, -0.25) is 9.59 Å². The average Bonchev–Trinajstić information content (AvgIpc) is 2.44. The van der Waals surface area contributed by atoms with Crippen LogP contribution in [0, 0.1) is 0 Å². The minimum atomic E-state index is -0.0731. The third-order valence-corrected chi connectivity index (χ3v) is 2.62. The molecule has 0 radical (unpaired) electrons. The predicted octanol–water partition coefficient (Wildman–Crippen LogP) is 2.58. The van der Waals surface area contributed by atoms with Crippen molar-refractivity contribution >= 4 is 12.2 Å². The summed E-state index contributed by atoms with van der Waals surface area (Å²) in [4.78, 5) is 22.5. The molecule has 0 atom stereocenters. The van der Waals surface area contributed by atoms with Gasteiger partial charge in [-0.1, -0.05) is 6.92 Å². The quantitative estimate of drug-likeness (QED) is 0.711. The zero-order valence-corrected chi connectivity index (χ0v) is 12.8. The number of amides is 1. The molecule has 5 heteroatoms. The average molecular weight is 293 g/mol. The fraction of sp³-hybridized carbons (Fsp3) is 0.500. The van der Waals surface area contributed by atoms with E-state index in [4.69, 9.17) is 9.47 Å². The first kappa shape index (κ1) is 17.0. The van der Waals surface area contributed by atoms with E-state index >= 15 is 0 Å². The zero-order chi connectivity index (χ0) is 15.7. The second kappa shape index (κ2) is 9.00. The first-order valence-corrected chi connectivity index (χ1v) is 7.21. The number of aldehydes is 1. The molecule has 0 spiro atoms. The van der Waals surface area contributed by atoms with E-state index in [1.54, 1.807) is 18.2 Å². The molecule has 0 aromatic heterocycles. The summed E-state index contributed by atoms with van der Waals surface area (Å²) in [6.45, 7) is 6.65. The van der Waals surface area contributed by atoms with Crippen LogP contribution in [0.25, 0.3) is 0 Å². The standard InChI is InChI=1S/C16H23NO4/c1-4-8-20-14-6-5-13(11-18)15(10-14)21-9-7-16(19)17-12(2)3/h5-6,10-12H,4,7-9H2,1-3H3,(H,17,19). The highest BCUT2D eigenvalue weighted by Gasteiger charge is 2.08. The maximum atomic E-state index is 11.5. The van der Waals surface area contributed by atoms with E-state index in [2.05, 4.69) is 5.32 Å². The van der Waals surface area contributed by atoms with Crippen molar-refractivity contribution in [1.29, 1.82) is 0 Å². The summed E-state index contributed by atoms with van der Waals surface area (Å²) in [6.07, 6.45) is 1.88. The van der Waals surface area contributed by atoms with E-state index in [0.717, 1.165) is 12.7 Å². The number of hydrogen-bond donors (Lipinski definition) is 1. The molecule has 1 rings (SSSR count). The van der Waals surface area contributed by atoms with Crippen molar-refractivity contribution in [2.45, 2.75) is 39.7 Å². The van der Waals surface area contributed by atoms with Gasteiger partial charge in [0.05, 0.1) is 25.2 Å². The number of ether oxygens (including phenoxy) is 2. The highest BCUT2D eigenvalue weighted by Crippen LogP contribution is 2.24. The van der Waals surface area contributed by atoms with Crippen molar-refractivity contribution < 1.29 is 19.1 Å². The summed E-state index contributed by atoms with van der Waals surface area (Å²) in [7, 11) is 0. The van der Waals surface area contributed by atoms with Gasteiger partial charge in [0.15, 0.2) is 6.29 Å². The van der Waals surface area contributed by atoms with Gasteiger partial charge in [-0.15, -0.1) is 0 Å². The van der Waals surface area contributed by atoms with E-state index in [1.807, 2.05) is 20.8 Å². The van der Waals surface area contributed by atoms with Crippen LogP contribution >= 0.6 is 0 Å². The van der Waals surface area contributed by atoms with E-state index in [-0.39, 0.29) is 25.0 Å². The van der Waals surface area contributed by atoms with Crippen molar-refractivity contribution in [2.75, 3.05) is 13.2 Å². The molecule has 1 aromatic carbocycles. The highest BCUT2D eigenvalue weighted by atomic mass is 16.5. The maximum Gasteiger partial charge on any atom is 0.223 e. The number of nitrogens with one attached hydrogen (secondary N) is 1. The van der Waals surface area contributed by atoms with Gasteiger partial charge in [-0.2, -0.15) is 0 Å². The molecule has 1 aromatic rings. The first-order chi connectivity index (χ1) is 10.1. The number of benzene rings is 1. The largest absolute Gasteiger partial charge is 0.493 e. The van der Waals surface area contributed by atoms with Crippen molar-refractivity contribution in [2.24, 2.45) is 0 Å². The summed E-state index contributed by atoms with van der Waals surface area (Å²) in [5.74, 6) is 1.02. The van der Waals surface area contributed by atoms with Crippen LogP contribution in [0.1, 0.15) is 44.0 Å². The zero-order valence-electron chi connectivity index (χ0n) is 12.8. The van der Waals surface area contributed by atoms with Crippen molar-refractivity contribution in [3.8, 4) is 11.5 Å². The van der Waals surface area contributed by atoms with Crippen LogP contribution in [0.15, 0.2) is 18.2 Å². The number of rotatable bonds is 9. The number of hydrogen-bond acceptors (Lipinski definition) is 4. The Morgan fingerprint density at radius 2 is 2.05 bits per heavy atom. The summed E-state index contributed by atoms with van der Waals surface area (Å²) in [6, 6.07) is 5.17. The molecule has 116 valence electrons. The van der Waals surface area contributed by atoms with Crippen molar-refractivity contribution in [1.82, 2.24) is 5.32 Å². The lowest BCUT2D eigenvalue weighted by molar-refractivity contribution is -0.122. The Bertz CT molecular complexity index is 471. The van der Waals surface area contributed by atoms with Gasteiger partial charge >= 0.3 is 0 Å². The summed E-state index contributed by atoms with van der Waals surface area (Å²) < 4.78 is 11.0. The van der Waals surface area contributed by atoms with E-state index in [0.29, 0.717) is 23.7 Å². The third kappa shape index (κ3) is 6.29. The van der Waals surface area contributed by atoms with Gasteiger partial charge < -0.3 is 14.8 Å². The van der Waals surface area contributed by atoms with Gasteiger partial charge in [0.2, 0.25) is 5.91 Å². The molecule has 0 saturated carbocycles. The first-order valence-electron chi connectivity index (χ1n) is 7.21. The lowest BCUT2D eigenvalue weighted by atomic mass is 10.2. The Morgan fingerprint density at radius 1 is 1.29 bits per heavy atom. The van der Waals surface area contributed by atoms with Crippen LogP contribution < -0.4 is 14.8 Å². The molecule has 1 amide bonds. The van der Waals surface area contributed by atoms with Crippen molar-refractivity contribution in [3.05, 3.63) is 23.8 Å².